The van der Waals surface area contributed by atoms with E-state index in [9.17, 15) is 14.7 Å². The van der Waals surface area contributed by atoms with Crippen molar-refractivity contribution in [3.05, 3.63) is 52.0 Å². The average molecular weight is 332 g/mol. The van der Waals surface area contributed by atoms with Gasteiger partial charge in [0, 0.05) is 13.5 Å². The number of carboxylic acid groups (broad SMARTS) is 1. The molecule has 0 saturated heterocycles. The first-order chi connectivity index (χ1) is 11.0. The Bertz CT molecular complexity index is 669. The molecule has 1 aromatic carbocycles. The number of rotatable bonds is 7. The fraction of sp³-hybridized carbons (Fsp3) is 0.353. The molecule has 1 unspecified atom stereocenters. The maximum absolute atomic E-state index is 12.5. The molecule has 122 valence electrons. The van der Waals surface area contributed by atoms with Gasteiger partial charge in [0.1, 0.15) is 10.9 Å². The second-order valence-corrected chi connectivity index (χ2v) is 6.44. The van der Waals surface area contributed by atoms with Crippen molar-refractivity contribution in [2.45, 2.75) is 32.2 Å². The number of carbonyl (C=O) groups is 2. The van der Waals surface area contributed by atoms with E-state index >= 15 is 0 Å². The first-order valence-corrected chi connectivity index (χ1v) is 8.33. The van der Waals surface area contributed by atoms with Gasteiger partial charge in [-0.2, -0.15) is 0 Å². The number of aryl methyl sites for hydroxylation is 1. The van der Waals surface area contributed by atoms with Gasteiger partial charge >= 0.3 is 5.97 Å². The highest BCUT2D eigenvalue weighted by molar-refractivity contribution is 7.13. The number of nitrogens with zero attached hydrogens (tertiary/aromatic N) is 2. The molecule has 0 aliphatic heterocycles. The minimum Gasteiger partial charge on any atom is -0.480 e. The van der Waals surface area contributed by atoms with Crippen LogP contribution in [-0.4, -0.2) is 40.0 Å². The van der Waals surface area contributed by atoms with E-state index < -0.39 is 12.0 Å². The van der Waals surface area contributed by atoms with Gasteiger partial charge in [0.05, 0.1) is 11.2 Å². The van der Waals surface area contributed by atoms with E-state index in [4.69, 9.17) is 0 Å². The number of benzene rings is 1. The largest absolute Gasteiger partial charge is 0.480 e. The third-order valence-corrected chi connectivity index (χ3v) is 4.62. The summed E-state index contributed by atoms with van der Waals surface area (Å²) in [4.78, 5) is 30.1. The predicted molar refractivity (Wildman–Crippen MR) is 89.8 cm³/mol. The van der Waals surface area contributed by atoms with Gasteiger partial charge < -0.3 is 10.0 Å². The van der Waals surface area contributed by atoms with Crippen molar-refractivity contribution in [3.8, 4) is 0 Å². The van der Waals surface area contributed by atoms with Crippen LogP contribution in [-0.2, 0) is 17.6 Å². The zero-order valence-corrected chi connectivity index (χ0v) is 14.0. The zero-order chi connectivity index (χ0) is 16.8. The van der Waals surface area contributed by atoms with Gasteiger partial charge in [0.25, 0.3) is 5.91 Å². The Morgan fingerprint density at radius 2 is 2.00 bits per heavy atom. The Balaban J connectivity index is 2.14. The Morgan fingerprint density at radius 1 is 1.30 bits per heavy atom. The standard InChI is InChI=1S/C17H20N2O3S/c1-3-7-15-18-11-14(23-15)16(20)19(2)13(17(21)22)10-12-8-5-4-6-9-12/h4-6,8-9,11,13H,3,7,10H2,1-2H3,(H,21,22). The molecule has 0 bridgehead atoms. The van der Waals surface area contributed by atoms with Crippen molar-refractivity contribution in [2.75, 3.05) is 7.05 Å². The summed E-state index contributed by atoms with van der Waals surface area (Å²) in [5, 5.41) is 10.4. The number of carbonyl (C=O) groups excluding carboxylic acids is 1. The normalized spacial score (nSPS) is 11.9. The van der Waals surface area contributed by atoms with Crippen LogP contribution in [0.5, 0.6) is 0 Å². The van der Waals surface area contributed by atoms with Gasteiger partial charge in [-0.1, -0.05) is 37.3 Å². The summed E-state index contributed by atoms with van der Waals surface area (Å²) in [5.41, 5.74) is 0.885. The van der Waals surface area contributed by atoms with Gasteiger partial charge in [0.2, 0.25) is 0 Å². The fourth-order valence-corrected chi connectivity index (χ4v) is 3.28. The van der Waals surface area contributed by atoms with E-state index in [0.29, 0.717) is 4.88 Å². The molecule has 0 saturated carbocycles. The molecule has 0 aliphatic carbocycles. The predicted octanol–water partition coefficient (Wildman–Crippen LogP) is 2.86. The highest BCUT2D eigenvalue weighted by atomic mass is 32.1. The molecule has 0 fully saturated rings. The van der Waals surface area contributed by atoms with Crippen LogP contribution in [0.15, 0.2) is 36.5 Å². The van der Waals surface area contributed by atoms with E-state index in [1.54, 1.807) is 0 Å². The van der Waals surface area contributed by atoms with Crippen molar-refractivity contribution in [3.63, 3.8) is 0 Å². The third-order valence-electron chi connectivity index (χ3n) is 3.57. The van der Waals surface area contributed by atoms with Crippen molar-refractivity contribution >= 4 is 23.2 Å². The number of hydrogen-bond donors (Lipinski definition) is 1. The number of aliphatic carboxylic acids is 1. The zero-order valence-electron chi connectivity index (χ0n) is 13.2. The molecule has 2 aromatic rings. The molecule has 23 heavy (non-hydrogen) atoms. The molecule has 0 spiro atoms. The van der Waals surface area contributed by atoms with Crippen molar-refractivity contribution in [1.29, 1.82) is 0 Å². The lowest BCUT2D eigenvalue weighted by Crippen LogP contribution is -2.43. The summed E-state index contributed by atoms with van der Waals surface area (Å²) >= 11 is 1.33. The van der Waals surface area contributed by atoms with Crippen LogP contribution in [0, 0.1) is 0 Å². The summed E-state index contributed by atoms with van der Waals surface area (Å²) in [6.45, 7) is 2.05. The van der Waals surface area contributed by atoms with Crippen LogP contribution < -0.4 is 0 Å². The molecular formula is C17H20N2O3S. The summed E-state index contributed by atoms with van der Waals surface area (Å²) in [6.07, 6.45) is 3.60. The van der Waals surface area contributed by atoms with Crippen molar-refractivity contribution in [2.24, 2.45) is 0 Å². The highest BCUT2D eigenvalue weighted by Gasteiger charge is 2.28. The lowest BCUT2D eigenvalue weighted by Gasteiger charge is -2.24. The number of aromatic nitrogens is 1. The molecule has 2 rings (SSSR count). The monoisotopic (exact) mass is 332 g/mol. The molecule has 1 N–H and O–H groups in total. The number of carboxylic acids is 1. The molecule has 0 radical (unpaired) electrons. The molecule has 1 atom stereocenters. The number of thiazole rings is 1. The summed E-state index contributed by atoms with van der Waals surface area (Å²) in [6, 6.07) is 8.41. The van der Waals surface area contributed by atoms with E-state index in [1.807, 2.05) is 30.3 Å². The molecule has 0 aliphatic rings. The fourth-order valence-electron chi connectivity index (χ4n) is 2.28. The smallest absolute Gasteiger partial charge is 0.326 e. The lowest BCUT2D eigenvalue weighted by molar-refractivity contribution is -0.141. The summed E-state index contributed by atoms with van der Waals surface area (Å²) < 4.78 is 0. The maximum Gasteiger partial charge on any atom is 0.326 e. The van der Waals surface area contributed by atoms with Crippen LogP contribution in [0.1, 0.15) is 33.6 Å². The highest BCUT2D eigenvalue weighted by Crippen LogP contribution is 2.18. The molecule has 6 heteroatoms. The third kappa shape index (κ3) is 4.39. The van der Waals surface area contributed by atoms with E-state index in [-0.39, 0.29) is 12.3 Å². The van der Waals surface area contributed by atoms with E-state index in [1.165, 1.54) is 29.5 Å². The Hall–Kier alpha value is -2.21. The molecule has 1 amide bonds. The number of amides is 1. The molecule has 1 heterocycles. The van der Waals surface area contributed by atoms with Crippen LogP contribution in [0.25, 0.3) is 0 Å². The second-order valence-electron chi connectivity index (χ2n) is 5.33. The second kappa shape index (κ2) is 7.87. The number of hydrogen-bond acceptors (Lipinski definition) is 4. The minimum atomic E-state index is -1.01. The molecule has 5 nitrogen and oxygen atoms in total. The van der Waals surface area contributed by atoms with Crippen LogP contribution in [0.2, 0.25) is 0 Å². The first-order valence-electron chi connectivity index (χ1n) is 7.51. The van der Waals surface area contributed by atoms with Crippen molar-refractivity contribution in [1.82, 2.24) is 9.88 Å². The first kappa shape index (κ1) is 17.1. The summed E-state index contributed by atoms with van der Waals surface area (Å²) in [7, 11) is 1.53. The maximum atomic E-state index is 12.5. The SMILES string of the molecule is CCCc1ncc(C(=O)N(C)C(Cc2ccccc2)C(=O)O)s1. The summed E-state index contributed by atoms with van der Waals surface area (Å²) in [5.74, 6) is -1.31. The van der Waals surface area contributed by atoms with E-state index in [0.717, 1.165) is 23.4 Å². The van der Waals surface area contributed by atoms with E-state index in [2.05, 4.69) is 11.9 Å². The van der Waals surface area contributed by atoms with Crippen LogP contribution >= 0.6 is 11.3 Å². The van der Waals surface area contributed by atoms with Gasteiger partial charge in [0.15, 0.2) is 0 Å². The lowest BCUT2D eigenvalue weighted by atomic mass is 10.0. The van der Waals surface area contributed by atoms with Crippen molar-refractivity contribution < 1.29 is 14.7 Å². The Kier molecular flexibility index (Phi) is 5.87. The van der Waals surface area contributed by atoms with Crippen LogP contribution in [0.4, 0.5) is 0 Å². The Morgan fingerprint density at radius 3 is 2.61 bits per heavy atom. The van der Waals surface area contributed by atoms with Gasteiger partial charge in [-0.25, -0.2) is 9.78 Å². The molecular weight excluding hydrogens is 312 g/mol. The van der Waals surface area contributed by atoms with Crippen LogP contribution in [0.3, 0.4) is 0 Å². The van der Waals surface area contributed by atoms with Gasteiger partial charge in [-0.3, -0.25) is 4.79 Å². The molecule has 1 aromatic heterocycles. The van der Waals surface area contributed by atoms with Gasteiger partial charge in [-0.05, 0) is 18.4 Å². The quantitative estimate of drug-likeness (QED) is 0.846. The topological polar surface area (TPSA) is 70.5 Å². The minimum absolute atomic E-state index is 0.277. The Labute approximate surface area is 139 Å². The number of likely N-dealkylation sites (N-methyl/N-ethyl adjacent to an activating group) is 1. The average Bonchev–Trinajstić information content (AvgIpc) is 3.01. The van der Waals surface area contributed by atoms with Gasteiger partial charge in [-0.15, -0.1) is 11.3 Å².